The van der Waals surface area contributed by atoms with E-state index in [0.29, 0.717) is 19.6 Å². The molecule has 1 aliphatic heterocycles. The summed E-state index contributed by atoms with van der Waals surface area (Å²) in [5.74, 6) is -0.507. The van der Waals surface area contributed by atoms with E-state index in [2.05, 4.69) is 5.32 Å². The van der Waals surface area contributed by atoms with Crippen LogP contribution in [0.2, 0.25) is 0 Å². The summed E-state index contributed by atoms with van der Waals surface area (Å²) >= 11 is 0. The minimum absolute atomic E-state index is 0.350. The maximum absolute atomic E-state index is 11.8. The molecule has 0 bridgehead atoms. The van der Waals surface area contributed by atoms with E-state index < -0.39 is 18.0 Å². The van der Waals surface area contributed by atoms with Crippen molar-refractivity contribution >= 4 is 12.0 Å². The van der Waals surface area contributed by atoms with Crippen LogP contribution in [-0.4, -0.2) is 47.3 Å². The number of carbonyl (C=O) groups excluding carboxylic acids is 2. The maximum atomic E-state index is 11.8. The molecule has 0 radical (unpaired) electrons. The number of aromatic nitrogens is 1. The largest absolute Gasteiger partial charge is 0.356 e. The molecule has 17 heavy (non-hydrogen) atoms. The van der Waals surface area contributed by atoms with E-state index >= 15 is 0 Å². The van der Waals surface area contributed by atoms with Crippen molar-refractivity contribution < 1.29 is 14.4 Å². The zero-order valence-corrected chi connectivity index (χ0v) is 9.20. The summed E-state index contributed by atoms with van der Waals surface area (Å²) in [5, 5.41) is 3.02. The van der Waals surface area contributed by atoms with Crippen molar-refractivity contribution in [2.24, 2.45) is 5.73 Å². The number of carbonyl (C=O) groups is 2. The number of primary amides is 1. The number of rotatable bonds is 2. The van der Waals surface area contributed by atoms with Gasteiger partial charge < -0.3 is 20.8 Å². The molecule has 2 rings (SSSR count). The molecule has 2 amide bonds. The molecule has 92 valence electrons. The minimum Gasteiger partial charge on any atom is -0.351 e. The summed E-state index contributed by atoms with van der Waals surface area (Å²) in [7, 11) is 0. The molecule has 1 atom stereocenters. The Morgan fingerprint density at radius 3 is 2.71 bits per heavy atom. The van der Waals surface area contributed by atoms with E-state index in [1.165, 1.54) is 9.63 Å². The van der Waals surface area contributed by atoms with Gasteiger partial charge in [-0.25, -0.2) is 9.59 Å². The maximum Gasteiger partial charge on any atom is 0.356 e. The van der Waals surface area contributed by atoms with E-state index in [4.69, 9.17) is 10.6 Å². The minimum atomic E-state index is -0.677. The van der Waals surface area contributed by atoms with Crippen LogP contribution < -0.4 is 15.9 Å². The molecule has 1 saturated heterocycles. The van der Waals surface area contributed by atoms with Crippen molar-refractivity contribution in [3.05, 3.63) is 24.5 Å². The lowest BCUT2D eigenvalue weighted by Gasteiger charge is -2.32. The Morgan fingerprint density at radius 1 is 1.35 bits per heavy atom. The third-order valence-electron chi connectivity index (χ3n) is 2.57. The average molecular weight is 238 g/mol. The van der Waals surface area contributed by atoms with Gasteiger partial charge >= 0.3 is 12.0 Å². The highest BCUT2D eigenvalue weighted by Crippen LogP contribution is 2.04. The molecule has 0 saturated carbocycles. The molecule has 1 aliphatic rings. The standard InChI is InChI=1S/C10H14N4O3/c11-10(16)14-6-3-12-7-8(14)9(15)17-13-4-1-2-5-13/h1-2,4-5,8,12H,3,6-7H2,(H2,11,16). The lowest BCUT2D eigenvalue weighted by atomic mass is 10.2. The molecule has 3 N–H and O–H groups in total. The van der Waals surface area contributed by atoms with Crippen LogP contribution >= 0.6 is 0 Å². The summed E-state index contributed by atoms with van der Waals surface area (Å²) in [6, 6.07) is 2.18. The summed E-state index contributed by atoms with van der Waals surface area (Å²) in [5.41, 5.74) is 5.21. The first kappa shape index (κ1) is 11.5. The van der Waals surface area contributed by atoms with Crippen LogP contribution in [0.4, 0.5) is 4.79 Å². The Hall–Kier alpha value is -2.02. The molecule has 7 nitrogen and oxygen atoms in total. The first-order valence-electron chi connectivity index (χ1n) is 5.30. The second-order valence-corrected chi connectivity index (χ2v) is 3.70. The zero-order valence-electron chi connectivity index (χ0n) is 9.20. The number of hydrogen-bond donors (Lipinski definition) is 2. The first-order chi connectivity index (χ1) is 8.18. The highest BCUT2D eigenvalue weighted by Gasteiger charge is 2.32. The number of hydrogen-bond acceptors (Lipinski definition) is 4. The molecule has 7 heteroatoms. The van der Waals surface area contributed by atoms with Crippen LogP contribution in [0.25, 0.3) is 0 Å². The van der Waals surface area contributed by atoms with Gasteiger partial charge in [-0.05, 0) is 12.1 Å². The third kappa shape index (κ3) is 2.56. The lowest BCUT2D eigenvalue weighted by molar-refractivity contribution is -0.149. The topological polar surface area (TPSA) is 89.6 Å². The highest BCUT2D eigenvalue weighted by atomic mass is 16.7. The normalized spacial score (nSPS) is 20.0. The third-order valence-corrected chi connectivity index (χ3v) is 2.57. The van der Waals surface area contributed by atoms with Crippen molar-refractivity contribution in [1.82, 2.24) is 14.9 Å². The number of urea groups is 1. The van der Waals surface area contributed by atoms with Crippen molar-refractivity contribution in [3.8, 4) is 0 Å². The molecule has 0 aromatic carbocycles. The van der Waals surface area contributed by atoms with Crippen molar-refractivity contribution in [2.45, 2.75) is 6.04 Å². The fraction of sp³-hybridized carbons (Fsp3) is 0.400. The number of nitrogens with zero attached hydrogens (tertiary/aromatic N) is 2. The van der Waals surface area contributed by atoms with Crippen LogP contribution in [0.1, 0.15) is 0 Å². The van der Waals surface area contributed by atoms with E-state index in [-0.39, 0.29) is 0 Å². The van der Waals surface area contributed by atoms with Gasteiger partial charge in [0.1, 0.15) is 6.04 Å². The molecule has 0 spiro atoms. The lowest BCUT2D eigenvalue weighted by Crippen LogP contribution is -2.59. The quantitative estimate of drug-likeness (QED) is 0.677. The Morgan fingerprint density at radius 2 is 2.06 bits per heavy atom. The number of piperazine rings is 1. The smallest absolute Gasteiger partial charge is 0.351 e. The number of nitrogens with two attached hydrogens (primary N) is 1. The van der Waals surface area contributed by atoms with E-state index in [1.807, 2.05) is 0 Å². The monoisotopic (exact) mass is 238 g/mol. The Balaban J connectivity index is 2.03. The van der Waals surface area contributed by atoms with E-state index in [0.717, 1.165) is 0 Å². The van der Waals surface area contributed by atoms with Crippen LogP contribution in [0.5, 0.6) is 0 Å². The number of amides is 2. The van der Waals surface area contributed by atoms with E-state index in [1.54, 1.807) is 24.5 Å². The number of nitrogens with one attached hydrogen (secondary N) is 1. The molecule has 1 unspecified atom stereocenters. The van der Waals surface area contributed by atoms with Gasteiger partial charge in [0.25, 0.3) is 0 Å². The molecular formula is C10H14N4O3. The van der Waals surface area contributed by atoms with Crippen LogP contribution in [0.15, 0.2) is 24.5 Å². The molecule has 1 aromatic heterocycles. The van der Waals surface area contributed by atoms with Gasteiger partial charge in [0.05, 0.1) is 0 Å². The zero-order chi connectivity index (χ0) is 12.3. The van der Waals surface area contributed by atoms with Crippen LogP contribution in [0.3, 0.4) is 0 Å². The predicted molar refractivity (Wildman–Crippen MR) is 59.0 cm³/mol. The van der Waals surface area contributed by atoms with Crippen molar-refractivity contribution in [1.29, 1.82) is 0 Å². The SMILES string of the molecule is NC(=O)N1CCNCC1C(=O)On1cccc1. The van der Waals surface area contributed by atoms with Gasteiger partial charge in [0.2, 0.25) is 0 Å². The van der Waals surface area contributed by atoms with Gasteiger partial charge in [-0.15, -0.1) is 0 Å². The highest BCUT2D eigenvalue weighted by molar-refractivity contribution is 5.83. The summed E-state index contributed by atoms with van der Waals surface area (Å²) < 4.78 is 1.29. The Labute approximate surface area is 98.1 Å². The Kier molecular flexibility index (Phi) is 3.29. The van der Waals surface area contributed by atoms with Crippen LogP contribution in [-0.2, 0) is 4.79 Å². The van der Waals surface area contributed by atoms with Crippen LogP contribution in [0, 0.1) is 0 Å². The summed E-state index contributed by atoms with van der Waals surface area (Å²) in [4.78, 5) is 29.4. The van der Waals surface area contributed by atoms with Gasteiger partial charge in [0.15, 0.2) is 0 Å². The van der Waals surface area contributed by atoms with Crippen molar-refractivity contribution in [2.75, 3.05) is 19.6 Å². The van der Waals surface area contributed by atoms with Gasteiger partial charge in [-0.3, -0.25) is 0 Å². The second-order valence-electron chi connectivity index (χ2n) is 3.70. The molecule has 0 aliphatic carbocycles. The van der Waals surface area contributed by atoms with Gasteiger partial charge in [-0.1, -0.05) is 0 Å². The average Bonchev–Trinajstić information content (AvgIpc) is 2.81. The molecule has 1 fully saturated rings. The summed E-state index contributed by atoms with van der Waals surface area (Å²) in [6.45, 7) is 1.38. The summed E-state index contributed by atoms with van der Waals surface area (Å²) in [6.07, 6.45) is 3.20. The first-order valence-corrected chi connectivity index (χ1v) is 5.30. The van der Waals surface area contributed by atoms with Gasteiger partial charge in [-0.2, -0.15) is 4.73 Å². The predicted octanol–water partition coefficient (Wildman–Crippen LogP) is -1.20. The molecule has 1 aromatic rings. The fourth-order valence-corrected chi connectivity index (χ4v) is 1.72. The van der Waals surface area contributed by atoms with Gasteiger partial charge in [0, 0.05) is 32.0 Å². The van der Waals surface area contributed by atoms with Crippen molar-refractivity contribution in [3.63, 3.8) is 0 Å². The molecule has 2 heterocycles. The fourth-order valence-electron chi connectivity index (χ4n) is 1.72. The van der Waals surface area contributed by atoms with E-state index in [9.17, 15) is 9.59 Å². The molecular weight excluding hydrogens is 224 g/mol. The Bertz CT molecular complexity index is 404. The second kappa shape index (κ2) is 4.88.